The summed E-state index contributed by atoms with van der Waals surface area (Å²) in [5, 5.41) is 1.00. The summed E-state index contributed by atoms with van der Waals surface area (Å²) in [6.45, 7) is 2.05. The summed E-state index contributed by atoms with van der Waals surface area (Å²) in [7, 11) is 0. The Labute approximate surface area is 118 Å². The highest BCUT2D eigenvalue weighted by Crippen LogP contribution is 2.29. The number of rotatable bonds is 1. The first-order chi connectivity index (χ1) is 9.72. The Kier molecular flexibility index (Phi) is 2.28. The van der Waals surface area contributed by atoms with Crippen LogP contribution in [0.5, 0.6) is 0 Å². The van der Waals surface area contributed by atoms with Crippen molar-refractivity contribution in [1.82, 2.24) is 19.5 Å². The van der Waals surface area contributed by atoms with Crippen LogP contribution >= 0.6 is 11.3 Å². The maximum atomic E-state index is 5.83. The van der Waals surface area contributed by atoms with E-state index >= 15 is 0 Å². The molecule has 0 aliphatic carbocycles. The van der Waals surface area contributed by atoms with Crippen molar-refractivity contribution in [3.63, 3.8) is 0 Å². The minimum atomic E-state index is 0.284. The quantitative estimate of drug-likeness (QED) is 0.582. The number of nitrogens with two attached hydrogens (primary N) is 1. The summed E-state index contributed by atoms with van der Waals surface area (Å²) < 4.78 is 1.96. The maximum Gasteiger partial charge on any atom is 0.223 e. The van der Waals surface area contributed by atoms with Crippen molar-refractivity contribution in [3.8, 4) is 5.82 Å². The van der Waals surface area contributed by atoms with Gasteiger partial charge in [-0.15, -0.1) is 11.3 Å². The molecular weight excluding hydrogens is 270 g/mol. The number of nitrogen functional groups attached to an aromatic ring is 1. The zero-order valence-corrected chi connectivity index (χ0v) is 11.6. The molecule has 0 spiro atoms. The largest absolute Gasteiger partial charge is 0.368 e. The second kappa shape index (κ2) is 4.01. The van der Waals surface area contributed by atoms with E-state index in [-0.39, 0.29) is 5.95 Å². The fraction of sp³-hybridized carbons (Fsp3) is 0.0714. The Hall–Kier alpha value is -2.47. The molecule has 4 rings (SSSR count). The number of benzene rings is 1. The molecule has 20 heavy (non-hydrogen) atoms. The summed E-state index contributed by atoms with van der Waals surface area (Å²) in [6.07, 6.45) is 1.78. The fourth-order valence-electron chi connectivity index (χ4n) is 2.35. The number of fused-ring (bicyclic) bond motifs is 2. The molecule has 0 amide bonds. The fourth-order valence-corrected chi connectivity index (χ4v) is 3.24. The standard InChI is InChI=1S/C14H11N5S/c1-8-6-9-12(17-14(15)18-13(9)20-8)19-7-16-10-4-2-3-5-11(10)19/h2-7H,1H3,(H2,15,17,18). The van der Waals surface area contributed by atoms with Crippen molar-refractivity contribution in [2.75, 3.05) is 5.73 Å². The number of nitrogens with zero attached hydrogens (tertiary/aromatic N) is 4. The Morgan fingerprint density at radius 3 is 2.95 bits per heavy atom. The van der Waals surface area contributed by atoms with Crippen LogP contribution in [0.4, 0.5) is 5.95 Å². The van der Waals surface area contributed by atoms with Crippen molar-refractivity contribution in [1.29, 1.82) is 0 Å². The molecule has 0 saturated heterocycles. The van der Waals surface area contributed by atoms with Crippen molar-refractivity contribution in [2.24, 2.45) is 0 Å². The van der Waals surface area contributed by atoms with E-state index < -0.39 is 0 Å². The van der Waals surface area contributed by atoms with Gasteiger partial charge in [-0.25, -0.2) is 9.97 Å². The highest BCUT2D eigenvalue weighted by Gasteiger charge is 2.13. The normalized spacial score (nSPS) is 11.4. The molecule has 3 aromatic heterocycles. The van der Waals surface area contributed by atoms with Crippen LogP contribution in [0.1, 0.15) is 4.88 Å². The van der Waals surface area contributed by atoms with Gasteiger partial charge in [0, 0.05) is 4.88 Å². The van der Waals surface area contributed by atoms with Crippen molar-refractivity contribution in [2.45, 2.75) is 6.92 Å². The number of aryl methyl sites for hydroxylation is 1. The van der Waals surface area contributed by atoms with E-state index in [1.807, 2.05) is 28.8 Å². The second-order valence-electron chi connectivity index (χ2n) is 4.58. The van der Waals surface area contributed by atoms with E-state index in [2.05, 4.69) is 27.9 Å². The van der Waals surface area contributed by atoms with Crippen LogP contribution < -0.4 is 5.73 Å². The van der Waals surface area contributed by atoms with Crippen LogP contribution in [-0.2, 0) is 0 Å². The first-order valence-electron chi connectivity index (χ1n) is 6.18. The molecule has 0 bridgehead atoms. The molecule has 0 aliphatic heterocycles. The van der Waals surface area contributed by atoms with E-state index in [0.717, 1.165) is 27.1 Å². The Bertz CT molecular complexity index is 937. The Morgan fingerprint density at radius 2 is 2.05 bits per heavy atom. The number of para-hydroxylation sites is 2. The van der Waals surface area contributed by atoms with Crippen LogP contribution in [0.15, 0.2) is 36.7 Å². The van der Waals surface area contributed by atoms with Gasteiger partial charge in [0.2, 0.25) is 5.95 Å². The number of imidazole rings is 1. The molecule has 1 aromatic carbocycles. The minimum Gasteiger partial charge on any atom is -0.368 e. The predicted molar refractivity (Wildman–Crippen MR) is 81.2 cm³/mol. The van der Waals surface area contributed by atoms with Crippen LogP contribution in [0, 0.1) is 6.92 Å². The summed E-state index contributed by atoms with van der Waals surface area (Å²) in [5.74, 6) is 1.07. The van der Waals surface area contributed by atoms with E-state index in [1.54, 1.807) is 17.7 Å². The monoisotopic (exact) mass is 281 g/mol. The number of hydrogen-bond donors (Lipinski definition) is 1. The molecule has 3 heterocycles. The molecule has 0 fully saturated rings. The topological polar surface area (TPSA) is 69.6 Å². The van der Waals surface area contributed by atoms with Crippen LogP contribution in [0.3, 0.4) is 0 Å². The lowest BCUT2D eigenvalue weighted by Gasteiger charge is -2.05. The summed E-state index contributed by atoms with van der Waals surface area (Å²) >= 11 is 1.62. The highest BCUT2D eigenvalue weighted by atomic mass is 32.1. The van der Waals surface area contributed by atoms with E-state index in [1.165, 1.54) is 4.88 Å². The maximum absolute atomic E-state index is 5.83. The van der Waals surface area contributed by atoms with Gasteiger partial charge in [0.1, 0.15) is 11.2 Å². The number of hydrogen-bond acceptors (Lipinski definition) is 5. The molecule has 6 heteroatoms. The Morgan fingerprint density at radius 1 is 1.20 bits per heavy atom. The number of thiophene rings is 1. The van der Waals surface area contributed by atoms with Gasteiger partial charge in [0.25, 0.3) is 0 Å². The molecule has 0 aliphatic rings. The van der Waals surface area contributed by atoms with Crippen molar-refractivity contribution in [3.05, 3.63) is 41.5 Å². The molecule has 98 valence electrons. The lowest BCUT2D eigenvalue weighted by molar-refractivity contribution is 1.03. The summed E-state index contributed by atoms with van der Waals surface area (Å²) in [6, 6.07) is 10.0. The molecule has 0 atom stereocenters. The lowest BCUT2D eigenvalue weighted by atomic mass is 10.3. The second-order valence-corrected chi connectivity index (χ2v) is 5.82. The minimum absolute atomic E-state index is 0.284. The van der Waals surface area contributed by atoms with Crippen molar-refractivity contribution >= 4 is 38.5 Å². The molecule has 2 N–H and O–H groups in total. The van der Waals surface area contributed by atoms with E-state index in [9.17, 15) is 0 Å². The van der Waals surface area contributed by atoms with Gasteiger partial charge in [-0.2, -0.15) is 4.98 Å². The first-order valence-corrected chi connectivity index (χ1v) is 7.00. The zero-order valence-electron chi connectivity index (χ0n) is 10.7. The third kappa shape index (κ3) is 1.58. The molecule has 5 nitrogen and oxygen atoms in total. The average Bonchev–Trinajstić information content (AvgIpc) is 3.00. The first kappa shape index (κ1) is 11.4. The van der Waals surface area contributed by atoms with E-state index in [4.69, 9.17) is 5.73 Å². The van der Waals surface area contributed by atoms with Gasteiger partial charge in [-0.05, 0) is 25.1 Å². The lowest BCUT2D eigenvalue weighted by Crippen LogP contribution is -2.02. The van der Waals surface area contributed by atoms with Crippen LogP contribution in [0.25, 0.3) is 27.1 Å². The van der Waals surface area contributed by atoms with Crippen LogP contribution in [0.2, 0.25) is 0 Å². The predicted octanol–water partition coefficient (Wildman–Crippen LogP) is 2.92. The van der Waals surface area contributed by atoms with Gasteiger partial charge in [-0.1, -0.05) is 12.1 Å². The smallest absolute Gasteiger partial charge is 0.223 e. The third-order valence-electron chi connectivity index (χ3n) is 3.19. The van der Waals surface area contributed by atoms with Gasteiger partial charge < -0.3 is 5.73 Å². The van der Waals surface area contributed by atoms with Crippen molar-refractivity contribution < 1.29 is 0 Å². The average molecular weight is 281 g/mol. The molecule has 0 saturated carbocycles. The van der Waals surface area contributed by atoms with E-state index in [0.29, 0.717) is 0 Å². The highest BCUT2D eigenvalue weighted by molar-refractivity contribution is 7.18. The summed E-state index contributed by atoms with van der Waals surface area (Å²) in [5.41, 5.74) is 7.78. The Balaban J connectivity index is 2.11. The van der Waals surface area contributed by atoms with Gasteiger partial charge in [0.05, 0.1) is 16.4 Å². The van der Waals surface area contributed by atoms with Gasteiger partial charge >= 0.3 is 0 Å². The van der Waals surface area contributed by atoms with Gasteiger partial charge in [0.15, 0.2) is 5.82 Å². The molecular formula is C14H11N5S. The molecule has 4 aromatic rings. The SMILES string of the molecule is Cc1cc2c(-n3cnc4ccccc43)nc(N)nc2s1. The molecule has 0 radical (unpaired) electrons. The number of anilines is 1. The third-order valence-corrected chi connectivity index (χ3v) is 4.14. The molecule has 0 unspecified atom stereocenters. The zero-order chi connectivity index (χ0) is 13.7. The summed E-state index contributed by atoms with van der Waals surface area (Å²) in [4.78, 5) is 15.2. The van der Waals surface area contributed by atoms with Crippen LogP contribution in [-0.4, -0.2) is 19.5 Å². The van der Waals surface area contributed by atoms with Gasteiger partial charge in [-0.3, -0.25) is 4.57 Å². The number of aromatic nitrogens is 4.